The second kappa shape index (κ2) is 58.5. The Morgan fingerprint density at radius 1 is 0.359 bits per heavy atom. The highest BCUT2D eigenvalue weighted by molar-refractivity contribution is 5.78. The predicted octanol–water partition coefficient (Wildman–Crippen LogP) is -7.35. The Bertz CT molecular complexity index is 2660. The van der Waals surface area contributed by atoms with Crippen LogP contribution < -0.4 is 27.2 Å². The van der Waals surface area contributed by atoms with Crippen molar-refractivity contribution in [2.75, 3.05) is 72.5 Å². The summed E-state index contributed by atoms with van der Waals surface area (Å²) < 4.78 is 66.8. The van der Waals surface area contributed by atoms with Crippen LogP contribution in [0.5, 0.6) is 0 Å². The van der Waals surface area contributed by atoms with Crippen LogP contribution in [-0.2, 0) is 80.8 Å². The number of hydrogen-bond acceptors (Lipinski definition) is 39. The summed E-state index contributed by atoms with van der Waals surface area (Å²) >= 11 is 0. The van der Waals surface area contributed by atoms with Crippen molar-refractivity contribution in [3.8, 4) is 0 Å². The molecule has 0 unspecified atom stereocenters. The first-order valence-electron chi connectivity index (χ1n) is 41.4. The summed E-state index contributed by atoms with van der Waals surface area (Å²) in [6.45, 7) is 2.69. The molecular formula is C75H139N5O37. The number of aliphatic hydroxyl groups excluding tert-OH is 20. The predicted molar refractivity (Wildman–Crippen MR) is 404 cm³/mol. The van der Waals surface area contributed by atoms with Gasteiger partial charge in [0.2, 0.25) is 17.7 Å². The van der Waals surface area contributed by atoms with Crippen LogP contribution in [0.25, 0.3) is 0 Å². The van der Waals surface area contributed by atoms with Crippen molar-refractivity contribution >= 4 is 29.8 Å². The van der Waals surface area contributed by atoms with E-state index >= 15 is 0 Å². The Balaban J connectivity index is 0.000000485. The number of aliphatic hydroxyl groups is 20. The van der Waals surface area contributed by atoms with Crippen LogP contribution in [-0.4, -0.2) is 395 Å². The molecule has 6 fully saturated rings. The zero-order valence-electron chi connectivity index (χ0n) is 67.4. The summed E-state index contributed by atoms with van der Waals surface area (Å²) in [7, 11) is 0. The number of unbranched alkanes of at least 4 members (excludes halogenated alkanes) is 15. The number of ether oxygens (including phenoxy) is 12. The number of amides is 3. The topological polar surface area (TPSA) is 675 Å². The van der Waals surface area contributed by atoms with Gasteiger partial charge >= 0.3 is 0 Å². The molecule has 42 nitrogen and oxygen atoms in total. The van der Waals surface area contributed by atoms with Gasteiger partial charge in [0.1, 0.15) is 159 Å². The Hall–Kier alpha value is -3.61. The number of hydrazine groups is 1. The van der Waals surface area contributed by atoms with Gasteiger partial charge in [0.25, 0.3) is 0 Å². The quantitative estimate of drug-likeness (QED) is 0.0153. The third kappa shape index (κ3) is 35.2. The second-order valence-corrected chi connectivity index (χ2v) is 29.8. The van der Waals surface area contributed by atoms with Gasteiger partial charge in [0.15, 0.2) is 37.7 Å². The van der Waals surface area contributed by atoms with Crippen molar-refractivity contribution < 1.29 is 183 Å². The third-order valence-corrected chi connectivity index (χ3v) is 20.8. The summed E-state index contributed by atoms with van der Waals surface area (Å²) in [5.41, 5.74) is 10.8. The lowest BCUT2D eigenvalue weighted by atomic mass is 9.96. The van der Waals surface area contributed by atoms with Gasteiger partial charge < -0.3 is 180 Å². The minimum Gasteiger partial charge on any atom is -0.394 e. The number of nitrogens with one attached hydrogen (secondary N) is 4. The number of hydrogen-bond donors (Lipinski definition) is 25. The number of nitrogens with two attached hydrogens (primary N) is 1. The molecule has 0 spiro atoms. The summed E-state index contributed by atoms with van der Waals surface area (Å²) in [4.78, 5) is 59.6. The molecule has 6 saturated heterocycles. The molecule has 117 heavy (non-hydrogen) atoms. The van der Waals surface area contributed by atoms with Gasteiger partial charge in [-0.2, -0.15) is 0 Å². The minimum absolute atomic E-state index is 0.00121. The smallest absolute Gasteiger partial charge is 0.234 e. The Labute approximate surface area is 681 Å². The number of carbonyl (C=O) groups is 5. The monoisotopic (exact) mass is 1700 g/mol. The molecule has 3 amide bonds. The highest BCUT2D eigenvalue weighted by Gasteiger charge is 2.55. The summed E-state index contributed by atoms with van der Waals surface area (Å²) in [5.74, 6) is -0.259. The van der Waals surface area contributed by atoms with Crippen molar-refractivity contribution in [1.29, 1.82) is 0 Å². The number of carbonyl (C=O) groups excluding carboxylic acids is 5. The maximum absolute atomic E-state index is 12.5. The number of Topliss-reactive ketones (excluding diaryl/α,β-unsaturated/α-hetero) is 1. The number of aldehydes is 1. The number of ketones is 1. The molecule has 6 rings (SSSR count). The molecule has 6 heterocycles. The van der Waals surface area contributed by atoms with Crippen LogP contribution in [0.15, 0.2) is 0 Å². The van der Waals surface area contributed by atoms with Crippen molar-refractivity contribution in [3.05, 3.63) is 0 Å². The van der Waals surface area contributed by atoms with Crippen molar-refractivity contribution in [1.82, 2.24) is 21.5 Å². The lowest BCUT2D eigenvalue weighted by Gasteiger charge is -2.46. The molecule has 0 aromatic rings. The molecular weight excluding hydrogens is 1560 g/mol. The molecule has 6 aliphatic heterocycles. The van der Waals surface area contributed by atoms with Gasteiger partial charge in [0.05, 0.1) is 58.9 Å². The minimum atomic E-state index is -1.89. The number of rotatable bonds is 53. The largest absolute Gasteiger partial charge is 0.394 e. The SMILES string of the molecule is CC.CCNC(=O)CCCCCCCCCCC(=O)CCCO[C@H]1O[C@H](CO[C@H]2O[C@H](CO)[C@@H](O)[C@H](O)[C@@H]2O)[C@@H](O)[C@H](O[C@H]2O[C@H](CO)[C@@H](O)[C@H](O)[C@@H]2O)[C@@H]1O.NCCCC[C@@H](C=O)NNC(=O)CCCCCCCCCCC(=O)NCCO[C@H]1O[C@H](CO[C@H]2O[C@H](CO)[C@@H](O)[C@H](O)[C@@H]2O)[C@@H](O)[C@H](O[C@H]2O[C@H](CO)[C@@H](O)[C@H](O)[C@@H]2O)[C@@H]1O. The van der Waals surface area contributed by atoms with Gasteiger partial charge in [0, 0.05) is 45.2 Å². The third-order valence-electron chi connectivity index (χ3n) is 20.8. The second-order valence-electron chi connectivity index (χ2n) is 29.8. The lowest BCUT2D eigenvalue weighted by Crippen LogP contribution is -2.65. The molecule has 686 valence electrons. The van der Waals surface area contributed by atoms with Crippen LogP contribution in [0.1, 0.15) is 181 Å². The van der Waals surface area contributed by atoms with Crippen LogP contribution in [0.4, 0.5) is 0 Å². The Morgan fingerprint density at radius 3 is 1.06 bits per heavy atom. The molecule has 0 saturated carbocycles. The summed E-state index contributed by atoms with van der Waals surface area (Å²) in [6, 6.07) is -0.430. The molecule has 31 atom stereocenters. The fourth-order valence-electron chi connectivity index (χ4n) is 13.7. The van der Waals surface area contributed by atoms with Gasteiger partial charge in [-0.15, -0.1) is 0 Å². The van der Waals surface area contributed by atoms with E-state index in [1.165, 1.54) is 0 Å². The lowest BCUT2D eigenvalue weighted by molar-refractivity contribution is -0.366. The fourth-order valence-corrected chi connectivity index (χ4v) is 13.7. The standard InChI is InChI=1S/C38H70N4O19.C35H63NO18.C2H6/c39-14-10-9-11-21(17-43)41-42-26(47)13-8-6-4-2-1-3-5-7-12-25(46)40-15-16-56-37-34(55)35(61-38-33(54)31(52)28(49)23(19-45)59-38)29(50)24(60-37)20-57-36-32(53)30(51)27(48)22(18-44)58-36;1-2-36-23(40)14-10-8-6-4-3-5-7-9-12-19(39)13-11-15-49-34-31(48)32(54-35-30(47)28(45)25(42)21(17-38)52-35)26(43)22(53-34)18-50-33-29(46)27(44)24(41)20(16-37)51-33;1-2/h17,21-24,27-38,41,44-45,48-55H,1-16,18-20,39H2,(H,40,46)(H,42,47);20-22,24-35,37-38,41-48H,2-18H2,1H3,(H,36,40);1-2H3/t21-,22+,23+,24+,27+,28+,29+,30-,31-,32-,33-,34-,35-,36-,37-,38+;20-,21-,22-,24-,25-,26-,27+,28+,29+,30+,31+,32+,33+,34+,35-;/m01./s1. The first kappa shape index (κ1) is 106. The van der Waals surface area contributed by atoms with Crippen LogP contribution in [0.3, 0.4) is 0 Å². The highest BCUT2D eigenvalue weighted by atomic mass is 16.8. The summed E-state index contributed by atoms with van der Waals surface area (Å²) in [5, 5.41) is 211. The van der Waals surface area contributed by atoms with Crippen LogP contribution in [0.2, 0.25) is 0 Å². The average molecular weight is 1700 g/mol. The van der Waals surface area contributed by atoms with E-state index in [1.807, 2.05) is 20.8 Å². The molecule has 6 aliphatic rings. The molecule has 0 aliphatic carbocycles. The van der Waals surface area contributed by atoms with Crippen molar-refractivity contribution in [2.45, 2.75) is 372 Å². The molecule has 42 heteroatoms. The maximum Gasteiger partial charge on any atom is 0.234 e. The van der Waals surface area contributed by atoms with Gasteiger partial charge in [-0.3, -0.25) is 24.6 Å². The van der Waals surface area contributed by atoms with Crippen molar-refractivity contribution in [3.63, 3.8) is 0 Å². The normalized spacial score (nSPS) is 35.4. The van der Waals surface area contributed by atoms with Gasteiger partial charge in [-0.05, 0) is 58.4 Å². The van der Waals surface area contributed by atoms with E-state index in [1.54, 1.807) is 0 Å². The van der Waals surface area contributed by atoms with E-state index in [4.69, 9.17) is 62.6 Å². The van der Waals surface area contributed by atoms with E-state index in [-0.39, 0.29) is 62.5 Å². The Morgan fingerprint density at radius 2 is 0.684 bits per heavy atom. The maximum atomic E-state index is 12.5. The van der Waals surface area contributed by atoms with E-state index in [0.717, 1.165) is 115 Å². The molecule has 26 N–H and O–H groups in total. The first-order chi connectivity index (χ1) is 56.1. The molecule has 0 bridgehead atoms. The molecule has 0 aromatic carbocycles. The zero-order chi connectivity index (χ0) is 86.7. The van der Waals surface area contributed by atoms with Gasteiger partial charge in [-0.25, -0.2) is 5.43 Å². The first-order valence-corrected chi connectivity index (χ1v) is 41.4. The highest BCUT2D eigenvalue weighted by Crippen LogP contribution is 2.34. The van der Waals surface area contributed by atoms with E-state index in [0.29, 0.717) is 45.2 Å². The van der Waals surface area contributed by atoms with Gasteiger partial charge in [-0.1, -0.05) is 97.3 Å². The van der Waals surface area contributed by atoms with E-state index < -0.39 is 230 Å². The fraction of sp³-hybridized carbons (Fsp3) is 0.933. The van der Waals surface area contributed by atoms with Crippen LogP contribution in [0, 0.1) is 0 Å². The van der Waals surface area contributed by atoms with E-state index in [2.05, 4.69) is 21.5 Å². The average Bonchev–Trinajstić information content (AvgIpc) is 0.788. The Kier molecular flexibility index (Phi) is 52.9. The summed E-state index contributed by atoms with van der Waals surface area (Å²) in [6.07, 6.45) is -29.5. The zero-order valence-corrected chi connectivity index (χ0v) is 67.4. The molecule has 0 aromatic heterocycles. The van der Waals surface area contributed by atoms with Crippen molar-refractivity contribution in [2.24, 2.45) is 5.73 Å². The molecule has 0 radical (unpaired) electrons. The van der Waals surface area contributed by atoms with Crippen LogP contribution >= 0.6 is 0 Å². The van der Waals surface area contributed by atoms with E-state index in [9.17, 15) is 126 Å².